The third kappa shape index (κ3) is 2.46. The highest BCUT2D eigenvalue weighted by Gasteiger charge is 2.22. The van der Waals surface area contributed by atoms with Gasteiger partial charge in [0.2, 0.25) is 3.70 Å². The second-order valence-corrected chi connectivity index (χ2v) is 4.33. The maximum absolute atomic E-state index is 12.4. The van der Waals surface area contributed by atoms with E-state index in [2.05, 4.69) is 4.98 Å². The van der Waals surface area contributed by atoms with E-state index in [0.717, 1.165) is 6.07 Å². The van der Waals surface area contributed by atoms with Gasteiger partial charge in [-0.25, -0.2) is 8.78 Å². The van der Waals surface area contributed by atoms with Crippen molar-refractivity contribution in [1.29, 1.82) is 0 Å². The van der Waals surface area contributed by atoms with Crippen molar-refractivity contribution in [3.63, 3.8) is 0 Å². The summed E-state index contributed by atoms with van der Waals surface area (Å²) < 4.78 is 25.3. The summed E-state index contributed by atoms with van der Waals surface area (Å²) in [6, 6.07) is 0.800. The van der Waals surface area contributed by atoms with Crippen molar-refractivity contribution >= 4 is 51.0 Å². The van der Waals surface area contributed by atoms with Crippen molar-refractivity contribution in [2.75, 3.05) is 0 Å². The van der Waals surface area contributed by atoms with Crippen LogP contribution < -0.4 is 0 Å². The first kappa shape index (κ1) is 11.9. The number of hydrogen-bond acceptors (Lipinski definition) is 3. The van der Waals surface area contributed by atoms with Crippen LogP contribution in [0.25, 0.3) is 0 Å². The van der Waals surface area contributed by atoms with E-state index in [-0.39, 0.29) is 12.8 Å². The molecule has 0 saturated carbocycles. The SMILES string of the molecule is O=[N+]([O-])c1cc(C(F)F)c(I)c(I)n1. The van der Waals surface area contributed by atoms with Gasteiger partial charge in [0.15, 0.2) is 0 Å². The quantitative estimate of drug-likeness (QED) is 0.316. The van der Waals surface area contributed by atoms with Gasteiger partial charge in [-0.3, -0.25) is 0 Å². The normalized spacial score (nSPS) is 10.6. The molecule has 0 spiro atoms. The van der Waals surface area contributed by atoms with Gasteiger partial charge in [-0.15, -0.1) is 0 Å². The lowest BCUT2D eigenvalue weighted by Gasteiger charge is -2.02. The molecule has 0 radical (unpaired) electrons. The van der Waals surface area contributed by atoms with Crippen LogP contribution in [-0.2, 0) is 0 Å². The van der Waals surface area contributed by atoms with Crippen molar-refractivity contribution in [3.8, 4) is 0 Å². The smallest absolute Gasteiger partial charge is 0.358 e. The molecular formula is C6H2F2I2N2O2. The number of nitrogens with zero attached hydrogens (tertiary/aromatic N) is 2. The average Bonchev–Trinajstić information content (AvgIpc) is 2.08. The Morgan fingerprint density at radius 1 is 1.50 bits per heavy atom. The standard InChI is InChI=1S/C6H2F2I2N2O2/c7-5(8)2-1-3(12(13)14)11-6(10)4(2)9/h1,5H. The summed E-state index contributed by atoms with van der Waals surface area (Å²) >= 11 is 3.37. The van der Waals surface area contributed by atoms with Crippen LogP contribution in [-0.4, -0.2) is 9.91 Å². The van der Waals surface area contributed by atoms with E-state index in [1.807, 2.05) is 0 Å². The molecule has 8 heteroatoms. The molecule has 0 bridgehead atoms. The summed E-state index contributed by atoms with van der Waals surface area (Å²) in [5.74, 6) is -0.551. The lowest BCUT2D eigenvalue weighted by molar-refractivity contribution is -0.389. The van der Waals surface area contributed by atoms with Crippen LogP contribution in [0.3, 0.4) is 0 Å². The van der Waals surface area contributed by atoms with E-state index < -0.39 is 17.2 Å². The summed E-state index contributed by atoms with van der Waals surface area (Å²) in [4.78, 5) is 13.1. The van der Waals surface area contributed by atoms with Gasteiger partial charge in [0.25, 0.3) is 6.43 Å². The molecule has 1 rings (SSSR count). The van der Waals surface area contributed by atoms with E-state index in [0.29, 0.717) is 0 Å². The molecule has 14 heavy (non-hydrogen) atoms. The van der Waals surface area contributed by atoms with Crippen molar-refractivity contribution in [1.82, 2.24) is 4.98 Å². The largest absolute Gasteiger partial charge is 0.365 e. The molecule has 0 aromatic carbocycles. The Morgan fingerprint density at radius 2 is 2.07 bits per heavy atom. The number of hydrogen-bond donors (Lipinski definition) is 0. The molecule has 0 N–H and O–H groups in total. The van der Waals surface area contributed by atoms with Gasteiger partial charge < -0.3 is 10.1 Å². The molecule has 4 nitrogen and oxygen atoms in total. The summed E-state index contributed by atoms with van der Waals surface area (Å²) in [6.45, 7) is 0. The van der Waals surface area contributed by atoms with Gasteiger partial charge in [-0.1, -0.05) is 0 Å². The molecule has 0 aliphatic rings. The third-order valence-electron chi connectivity index (χ3n) is 1.35. The zero-order valence-corrected chi connectivity index (χ0v) is 10.7. The summed E-state index contributed by atoms with van der Waals surface area (Å²) in [7, 11) is 0. The van der Waals surface area contributed by atoms with Gasteiger partial charge in [-0.05, 0) is 32.5 Å². The first-order valence-electron chi connectivity index (χ1n) is 3.22. The molecular weight excluding hydrogens is 424 g/mol. The van der Waals surface area contributed by atoms with Crippen molar-refractivity contribution in [3.05, 3.63) is 29.0 Å². The number of alkyl halides is 2. The molecule has 0 amide bonds. The van der Waals surface area contributed by atoms with Crippen LogP contribution in [0, 0.1) is 17.4 Å². The number of pyridine rings is 1. The van der Waals surface area contributed by atoms with Crippen LogP contribution in [0.4, 0.5) is 14.6 Å². The topological polar surface area (TPSA) is 56.0 Å². The van der Waals surface area contributed by atoms with Crippen LogP contribution in [0.1, 0.15) is 12.0 Å². The van der Waals surface area contributed by atoms with Crippen molar-refractivity contribution < 1.29 is 13.7 Å². The molecule has 0 unspecified atom stereocenters. The maximum atomic E-state index is 12.4. The fourth-order valence-electron chi connectivity index (χ4n) is 0.756. The number of nitro groups is 1. The first-order chi connectivity index (χ1) is 6.43. The molecule has 0 aliphatic heterocycles. The zero-order chi connectivity index (χ0) is 10.9. The molecule has 0 saturated heterocycles. The Hall–Kier alpha value is -0.130. The highest BCUT2D eigenvalue weighted by molar-refractivity contribution is 14.1. The lowest BCUT2D eigenvalue weighted by atomic mass is 10.3. The van der Waals surface area contributed by atoms with Crippen molar-refractivity contribution in [2.24, 2.45) is 0 Å². The number of rotatable bonds is 2. The second kappa shape index (κ2) is 4.59. The predicted octanol–water partition coefficient (Wildman–Crippen LogP) is 3.14. The Labute approximate surface area is 105 Å². The zero-order valence-electron chi connectivity index (χ0n) is 6.38. The van der Waals surface area contributed by atoms with Crippen LogP contribution in [0.5, 0.6) is 0 Å². The summed E-state index contributed by atoms with van der Waals surface area (Å²) in [5, 5.41) is 10.3. The Morgan fingerprint density at radius 3 is 2.50 bits per heavy atom. The maximum Gasteiger partial charge on any atom is 0.365 e. The molecule has 0 fully saturated rings. The molecule has 1 heterocycles. The third-order valence-corrected chi connectivity index (χ3v) is 4.30. The highest BCUT2D eigenvalue weighted by Crippen LogP contribution is 2.29. The van der Waals surface area contributed by atoms with Gasteiger partial charge in [-0.2, -0.15) is 0 Å². The van der Waals surface area contributed by atoms with E-state index in [4.69, 9.17) is 0 Å². The van der Waals surface area contributed by atoms with Crippen molar-refractivity contribution in [2.45, 2.75) is 6.43 Å². The minimum Gasteiger partial charge on any atom is -0.358 e. The van der Waals surface area contributed by atoms with Gasteiger partial charge in [0.1, 0.15) is 0 Å². The summed E-state index contributed by atoms with van der Waals surface area (Å²) in [6.07, 6.45) is -2.72. The van der Waals surface area contributed by atoms with E-state index >= 15 is 0 Å². The fraction of sp³-hybridized carbons (Fsp3) is 0.167. The van der Waals surface area contributed by atoms with Gasteiger partial charge in [0.05, 0.1) is 3.57 Å². The minimum atomic E-state index is -2.72. The Kier molecular flexibility index (Phi) is 3.92. The molecule has 76 valence electrons. The molecule has 0 aliphatic carbocycles. The van der Waals surface area contributed by atoms with Crippen LogP contribution >= 0.6 is 45.2 Å². The highest BCUT2D eigenvalue weighted by atomic mass is 127. The Bertz CT molecular complexity index is 386. The summed E-state index contributed by atoms with van der Waals surface area (Å²) in [5.41, 5.74) is -0.350. The van der Waals surface area contributed by atoms with Gasteiger partial charge >= 0.3 is 5.82 Å². The monoisotopic (exact) mass is 426 g/mol. The van der Waals surface area contributed by atoms with Gasteiger partial charge in [0, 0.05) is 34.2 Å². The minimum absolute atomic E-state index is 0.215. The average molecular weight is 426 g/mol. The van der Waals surface area contributed by atoms with E-state index in [9.17, 15) is 18.9 Å². The second-order valence-electron chi connectivity index (χ2n) is 2.23. The molecule has 1 aromatic rings. The lowest BCUT2D eigenvalue weighted by Crippen LogP contribution is -2.00. The Balaban J connectivity index is 3.35. The predicted molar refractivity (Wildman–Crippen MR) is 61.3 cm³/mol. The fourth-order valence-corrected chi connectivity index (χ4v) is 1.83. The first-order valence-corrected chi connectivity index (χ1v) is 5.37. The number of aromatic nitrogens is 1. The number of halogens is 4. The van der Waals surface area contributed by atoms with Crippen LogP contribution in [0.15, 0.2) is 6.07 Å². The van der Waals surface area contributed by atoms with E-state index in [1.54, 1.807) is 45.2 Å². The molecule has 0 atom stereocenters. The van der Waals surface area contributed by atoms with E-state index in [1.165, 1.54) is 0 Å². The molecule has 1 aromatic heterocycles. The van der Waals surface area contributed by atoms with Crippen LogP contribution in [0.2, 0.25) is 0 Å².